The molecule has 0 radical (unpaired) electrons. The van der Waals surface area contributed by atoms with Crippen LogP contribution in [0.2, 0.25) is 0 Å². The minimum atomic E-state index is 0.349. The van der Waals surface area contributed by atoms with Crippen molar-refractivity contribution >= 4 is 11.3 Å². The summed E-state index contributed by atoms with van der Waals surface area (Å²) in [4.78, 5) is 1.37. The van der Waals surface area contributed by atoms with Crippen molar-refractivity contribution in [2.24, 2.45) is 11.8 Å². The van der Waals surface area contributed by atoms with Crippen molar-refractivity contribution in [2.45, 2.75) is 57.9 Å². The normalized spacial score (nSPS) is 19.4. The zero-order valence-electron chi connectivity index (χ0n) is 10.7. The molecule has 1 atom stereocenters. The van der Waals surface area contributed by atoms with Crippen LogP contribution in [0.1, 0.15) is 61.4 Å². The third-order valence-electron chi connectivity index (χ3n) is 3.94. The van der Waals surface area contributed by atoms with Crippen molar-refractivity contribution in [3.63, 3.8) is 0 Å². The maximum absolute atomic E-state index is 5.68. The molecular weight excluding hydrogens is 228 g/mol. The van der Waals surface area contributed by atoms with Crippen LogP contribution in [0.15, 0.2) is 11.4 Å². The molecule has 2 nitrogen and oxygen atoms in total. The lowest BCUT2D eigenvalue weighted by molar-refractivity contribution is 0.315. The van der Waals surface area contributed by atoms with Crippen LogP contribution in [0.4, 0.5) is 0 Å². The van der Waals surface area contributed by atoms with Gasteiger partial charge in [0.15, 0.2) is 0 Å². The molecular formula is C14H24N2S. The van der Waals surface area contributed by atoms with Crippen LogP contribution < -0.4 is 11.3 Å². The molecule has 3 heteroatoms. The van der Waals surface area contributed by atoms with Gasteiger partial charge in [-0.05, 0) is 42.7 Å². The van der Waals surface area contributed by atoms with Crippen LogP contribution in [0, 0.1) is 12.8 Å². The molecule has 1 fully saturated rings. The van der Waals surface area contributed by atoms with Crippen LogP contribution in [0.25, 0.3) is 0 Å². The number of rotatable bonds is 5. The predicted molar refractivity (Wildman–Crippen MR) is 74.9 cm³/mol. The fourth-order valence-corrected chi connectivity index (χ4v) is 3.63. The molecule has 1 aromatic rings. The standard InChI is InChI=1S/C14H24N2S/c1-11-9-13(10-17-11)14(16-15)8-7-12-5-3-2-4-6-12/h9-10,12,14,16H,2-8,15H2,1H3. The molecule has 1 aliphatic carbocycles. The summed E-state index contributed by atoms with van der Waals surface area (Å²) in [5, 5.41) is 2.24. The van der Waals surface area contributed by atoms with Gasteiger partial charge in [0.25, 0.3) is 0 Å². The highest BCUT2D eigenvalue weighted by Crippen LogP contribution is 2.31. The van der Waals surface area contributed by atoms with Gasteiger partial charge in [-0.2, -0.15) is 0 Å². The van der Waals surface area contributed by atoms with Gasteiger partial charge in [-0.1, -0.05) is 32.1 Å². The molecule has 2 rings (SSSR count). The molecule has 17 heavy (non-hydrogen) atoms. The van der Waals surface area contributed by atoms with Gasteiger partial charge in [-0.3, -0.25) is 11.3 Å². The number of nitrogens with two attached hydrogens (primary N) is 1. The smallest absolute Gasteiger partial charge is 0.0468 e. The Morgan fingerprint density at radius 3 is 2.76 bits per heavy atom. The molecule has 1 heterocycles. The summed E-state index contributed by atoms with van der Waals surface area (Å²) in [6.45, 7) is 2.16. The molecule has 1 unspecified atom stereocenters. The van der Waals surface area contributed by atoms with Gasteiger partial charge in [-0.25, -0.2) is 0 Å². The van der Waals surface area contributed by atoms with E-state index in [0.29, 0.717) is 6.04 Å². The quantitative estimate of drug-likeness (QED) is 0.615. The lowest BCUT2D eigenvalue weighted by Gasteiger charge is -2.23. The summed E-state index contributed by atoms with van der Waals surface area (Å²) in [6, 6.07) is 2.61. The minimum Gasteiger partial charge on any atom is -0.271 e. The number of thiophene rings is 1. The highest BCUT2D eigenvalue weighted by Gasteiger charge is 2.17. The lowest BCUT2D eigenvalue weighted by Crippen LogP contribution is -2.28. The average molecular weight is 252 g/mol. The SMILES string of the molecule is Cc1cc(C(CCC2CCCCC2)NN)cs1. The summed E-state index contributed by atoms with van der Waals surface area (Å²) < 4.78 is 0. The molecule has 96 valence electrons. The first-order chi connectivity index (χ1) is 8.29. The Hall–Kier alpha value is -0.380. The Morgan fingerprint density at radius 2 is 2.18 bits per heavy atom. The van der Waals surface area contributed by atoms with Crippen molar-refractivity contribution in [3.05, 3.63) is 21.9 Å². The molecule has 1 aromatic heterocycles. The second kappa shape index (κ2) is 6.53. The Bertz CT molecular complexity index is 329. The van der Waals surface area contributed by atoms with Crippen molar-refractivity contribution in [1.29, 1.82) is 0 Å². The van der Waals surface area contributed by atoms with E-state index in [2.05, 4.69) is 23.8 Å². The van der Waals surface area contributed by atoms with E-state index in [4.69, 9.17) is 5.84 Å². The fourth-order valence-electron chi connectivity index (χ4n) is 2.87. The van der Waals surface area contributed by atoms with E-state index in [-0.39, 0.29) is 0 Å². The van der Waals surface area contributed by atoms with Crippen LogP contribution in [-0.4, -0.2) is 0 Å². The molecule has 0 saturated heterocycles. The maximum Gasteiger partial charge on any atom is 0.0468 e. The van der Waals surface area contributed by atoms with E-state index in [9.17, 15) is 0 Å². The van der Waals surface area contributed by atoms with E-state index < -0.39 is 0 Å². The van der Waals surface area contributed by atoms with Crippen LogP contribution in [-0.2, 0) is 0 Å². The molecule has 1 saturated carbocycles. The van der Waals surface area contributed by atoms with Crippen LogP contribution >= 0.6 is 11.3 Å². The van der Waals surface area contributed by atoms with Crippen molar-refractivity contribution in [1.82, 2.24) is 5.43 Å². The van der Waals surface area contributed by atoms with Crippen LogP contribution in [0.3, 0.4) is 0 Å². The fraction of sp³-hybridized carbons (Fsp3) is 0.714. The van der Waals surface area contributed by atoms with E-state index in [1.165, 1.54) is 55.4 Å². The zero-order chi connectivity index (χ0) is 12.1. The molecule has 0 aliphatic heterocycles. The van der Waals surface area contributed by atoms with Crippen molar-refractivity contribution in [2.75, 3.05) is 0 Å². The van der Waals surface area contributed by atoms with Gasteiger partial charge in [0.2, 0.25) is 0 Å². The second-order valence-electron chi connectivity index (χ2n) is 5.29. The van der Waals surface area contributed by atoms with E-state index in [0.717, 1.165) is 5.92 Å². The largest absolute Gasteiger partial charge is 0.271 e. The summed E-state index contributed by atoms with van der Waals surface area (Å²) in [5.74, 6) is 6.63. The second-order valence-corrected chi connectivity index (χ2v) is 6.41. The molecule has 1 aliphatic rings. The molecule has 0 aromatic carbocycles. The Morgan fingerprint density at radius 1 is 1.41 bits per heavy atom. The lowest BCUT2D eigenvalue weighted by atomic mass is 9.85. The van der Waals surface area contributed by atoms with Gasteiger partial charge in [0.05, 0.1) is 0 Å². The number of hydrogen-bond acceptors (Lipinski definition) is 3. The highest BCUT2D eigenvalue weighted by atomic mass is 32.1. The molecule has 0 amide bonds. The van der Waals surface area contributed by atoms with Crippen molar-refractivity contribution < 1.29 is 0 Å². The van der Waals surface area contributed by atoms with E-state index in [1.807, 2.05) is 11.3 Å². The summed E-state index contributed by atoms with van der Waals surface area (Å²) >= 11 is 1.81. The first kappa shape index (κ1) is 13.1. The summed E-state index contributed by atoms with van der Waals surface area (Å²) in [5.41, 5.74) is 4.34. The van der Waals surface area contributed by atoms with E-state index >= 15 is 0 Å². The first-order valence-electron chi connectivity index (χ1n) is 6.80. The zero-order valence-corrected chi connectivity index (χ0v) is 11.6. The maximum atomic E-state index is 5.68. The monoisotopic (exact) mass is 252 g/mol. The van der Waals surface area contributed by atoms with Crippen molar-refractivity contribution in [3.8, 4) is 0 Å². The molecule has 3 N–H and O–H groups in total. The van der Waals surface area contributed by atoms with Gasteiger partial charge in [-0.15, -0.1) is 11.3 Å². The Kier molecular flexibility index (Phi) is 5.01. The minimum absolute atomic E-state index is 0.349. The topological polar surface area (TPSA) is 38.0 Å². The number of aryl methyl sites for hydroxylation is 1. The number of hydrogen-bond donors (Lipinski definition) is 2. The van der Waals surface area contributed by atoms with E-state index in [1.54, 1.807) is 0 Å². The van der Waals surface area contributed by atoms with Gasteiger partial charge in [0, 0.05) is 10.9 Å². The van der Waals surface area contributed by atoms with Gasteiger partial charge < -0.3 is 0 Å². The summed E-state index contributed by atoms with van der Waals surface area (Å²) in [6.07, 6.45) is 9.67. The van der Waals surface area contributed by atoms with Crippen LogP contribution in [0.5, 0.6) is 0 Å². The van der Waals surface area contributed by atoms with Gasteiger partial charge in [0.1, 0.15) is 0 Å². The summed E-state index contributed by atoms with van der Waals surface area (Å²) in [7, 11) is 0. The predicted octanol–water partition coefficient (Wildman–Crippen LogP) is 3.92. The first-order valence-corrected chi connectivity index (χ1v) is 7.68. The number of hydrazine groups is 1. The number of nitrogens with one attached hydrogen (secondary N) is 1. The molecule has 0 bridgehead atoms. The Balaban J connectivity index is 1.82. The molecule has 0 spiro atoms. The third kappa shape index (κ3) is 3.80. The highest BCUT2D eigenvalue weighted by molar-refractivity contribution is 7.10. The third-order valence-corrected chi connectivity index (χ3v) is 4.82. The van der Waals surface area contributed by atoms with Gasteiger partial charge >= 0.3 is 0 Å². The Labute approximate surface area is 109 Å². The average Bonchev–Trinajstić information content (AvgIpc) is 2.78.